The molecule has 0 saturated carbocycles. The summed E-state index contributed by atoms with van der Waals surface area (Å²) >= 11 is 5.59. The Morgan fingerprint density at radius 2 is 2.55 bits per heavy atom. The largest absolute Gasteiger partial charge is 0.312 e. The number of halogens is 1. The first kappa shape index (κ1) is 8.51. The highest BCUT2D eigenvalue weighted by Gasteiger charge is 2.23. The summed E-state index contributed by atoms with van der Waals surface area (Å²) in [6, 6.07) is 0. The fourth-order valence-corrected chi connectivity index (χ4v) is 1.03. The first-order chi connectivity index (χ1) is 5.20. The maximum Gasteiger partial charge on any atom is 0.296 e. The number of nitrogens with one attached hydrogen (secondary N) is 1. The molecule has 0 amide bonds. The van der Waals surface area contributed by atoms with E-state index in [1.165, 1.54) is 4.42 Å². The molecule has 11 heavy (non-hydrogen) atoms. The summed E-state index contributed by atoms with van der Waals surface area (Å²) in [5.74, 6) is 0. The smallest absolute Gasteiger partial charge is 0.296 e. The van der Waals surface area contributed by atoms with Crippen LogP contribution in [-0.2, 0) is 4.84 Å². The average molecular weight is 182 g/mol. The first-order valence-corrected chi connectivity index (χ1v) is 3.48. The minimum atomic E-state index is -0.840. The van der Waals surface area contributed by atoms with E-state index in [4.69, 9.17) is 11.8 Å². The quantitative estimate of drug-likeness (QED) is 0.356. The van der Waals surface area contributed by atoms with Crippen molar-refractivity contribution in [3.8, 4) is 0 Å². The highest BCUT2D eigenvalue weighted by Crippen LogP contribution is 2.06. The molecule has 7 heteroatoms. The fourth-order valence-electron chi connectivity index (χ4n) is 0.842. The van der Waals surface area contributed by atoms with Crippen LogP contribution in [0.1, 0.15) is 0 Å². The van der Waals surface area contributed by atoms with E-state index in [0.717, 1.165) is 6.54 Å². The molecule has 0 aromatic rings. The van der Waals surface area contributed by atoms with Gasteiger partial charge in [0.05, 0.1) is 0 Å². The Morgan fingerprint density at radius 3 is 3.09 bits per heavy atom. The lowest BCUT2D eigenvalue weighted by Gasteiger charge is -2.28. The topological polar surface area (TPSA) is 67.6 Å². The van der Waals surface area contributed by atoms with E-state index in [0.29, 0.717) is 13.1 Å². The van der Waals surface area contributed by atoms with Crippen molar-refractivity contribution in [2.45, 2.75) is 6.23 Å². The Kier molecular flexibility index (Phi) is 2.86. The number of hydrogen-bond donors (Lipinski definition) is 1. The Hall–Kier alpha value is -0.590. The SMILES string of the molecule is O=[N+]([O-])OC1CNCCN1Cl. The summed E-state index contributed by atoms with van der Waals surface area (Å²) in [4.78, 5) is 14.1. The van der Waals surface area contributed by atoms with Gasteiger partial charge in [0.15, 0.2) is 6.23 Å². The zero-order chi connectivity index (χ0) is 8.27. The van der Waals surface area contributed by atoms with Gasteiger partial charge < -0.3 is 5.32 Å². The molecule has 64 valence electrons. The Morgan fingerprint density at radius 1 is 1.82 bits per heavy atom. The van der Waals surface area contributed by atoms with E-state index in [-0.39, 0.29) is 0 Å². The zero-order valence-electron chi connectivity index (χ0n) is 5.70. The summed E-state index contributed by atoms with van der Waals surface area (Å²) in [6.45, 7) is 1.64. The molecular formula is C4H8ClN3O3. The van der Waals surface area contributed by atoms with Gasteiger partial charge in [-0.3, -0.25) is 4.84 Å². The van der Waals surface area contributed by atoms with Crippen molar-refractivity contribution in [2.24, 2.45) is 0 Å². The molecule has 1 aliphatic heterocycles. The first-order valence-electron chi connectivity index (χ1n) is 3.14. The Balaban J connectivity index is 2.35. The zero-order valence-corrected chi connectivity index (χ0v) is 6.45. The minimum Gasteiger partial charge on any atom is -0.312 e. The molecule has 0 aromatic heterocycles. The van der Waals surface area contributed by atoms with Crippen molar-refractivity contribution in [3.63, 3.8) is 0 Å². The molecule has 1 fully saturated rings. The second kappa shape index (κ2) is 3.70. The van der Waals surface area contributed by atoms with Crippen molar-refractivity contribution < 1.29 is 9.92 Å². The van der Waals surface area contributed by atoms with Gasteiger partial charge in [0, 0.05) is 19.6 Å². The standard InChI is InChI=1S/C4H8ClN3O3/c5-7-2-1-6-3-4(7)11-8(9)10/h4,6H,1-3H2. The van der Waals surface area contributed by atoms with Crippen LogP contribution in [-0.4, -0.2) is 35.4 Å². The summed E-state index contributed by atoms with van der Waals surface area (Å²) in [7, 11) is 0. The molecule has 1 heterocycles. The van der Waals surface area contributed by atoms with Crippen molar-refractivity contribution >= 4 is 11.8 Å². The third-order valence-corrected chi connectivity index (χ3v) is 1.73. The molecule has 0 spiro atoms. The molecule has 1 unspecified atom stereocenters. The van der Waals surface area contributed by atoms with Gasteiger partial charge in [0.2, 0.25) is 0 Å². The van der Waals surface area contributed by atoms with Gasteiger partial charge in [-0.15, -0.1) is 10.1 Å². The number of hydrogen-bond acceptors (Lipinski definition) is 5. The number of piperazine rings is 1. The minimum absolute atomic E-state index is 0.379. The predicted octanol–water partition coefficient (Wildman–Crippen LogP) is -0.420. The van der Waals surface area contributed by atoms with E-state index in [2.05, 4.69) is 10.2 Å². The molecule has 1 rings (SSSR count). The van der Waals surface area contributed by atoms with Gasteiger partial charge in [0.25, 0.3) is 5.09 Å². The van der Waals surface area contributed by atoms with Crippen LogP contribution >= 0.6 is 11.8 Å². The van der Waals surface area contributed by atoms with E-state index in [1.54, 1.807) is 0 Å². The van der Waals surface area contributed by atoms with Crippen LogP contribution < -0.4 is 5.32 Å². The van der Waals surface area contributed by atoms with Crippen LogP contribution in [0.4, 0.5) is 0 Å². The van der Waals surface area contributed by atoms with Crippen molar-refractivity contribution in [2.75, 3.05) is 19.6 Å². The Labute approximate surface area is 68.3 Å². The van der Waals surface area contributed by atoms with Crippen molar-refractivity contribution in [1.29, 1.82) is 0 Å². The van der Waals surface area contributed by atoms with Crippen LogP contribution in [0, 0.1) is 10.1 Å². The normalized spacial score (nSPS) is 26.5. The molecule has 0 aromatic carbocycles. The lowest BCUT2D eigenvalue weighted by molar-refractivity contribution is -0.773. The monoisotopic (exact) mass is 181 g/mol. The van der Waals surface area contributed by atoms with Gasteiger partial charge in [-0.25, -0.2) is 0 Å². The van der Waals surface area contributed by atoms with Gasteiger partial charge in [-0.1, -0.05) is 0 Å². The van der Waals surface area contributed by atoms with Crippen LogP contribution in [0.2, 0.25) is 0 Å². The average Bonchev–Trinajstić information content (AvgIpc) is 1.93. The maximum atomic E-state index is 9.88. The Bertz CT molecular complexity index is 156. The third kappa shape index (κ3) is 2.49. The van der Waals surface area contributed by atoms with Crippen LogP contribution in [0.5, 0.6) is 0 Å². The molecule has 6 nitrogen and oxygen atoms in total. The lowest BCUT2D eigenvalue weighted by atomic mass is 10.4. The van der Waals surface area contributed by atoms with Crippen LogP contribution in [0.3, 0.4) is 0 Å². The van der Waals surface area contributed by atoms with Crippen molar-refractivity contribution in [3.05, 3.63) is 10.1 Å². The molecule has 0 bridgehead atoms. The van der Waals surface area contributed by atoms with Gasteiger partial charge in [0.1, 0.15) is 0 Å². The van der Waals surface area contributed by atoms with E-state index in [1.807, 2.05) is 0 Å². The van der Waals surface area contributed by atoms with Gasteiger partial charge in [-0.05, 0) is 11.8 Å². The summed E-state index contributed by atoms with van der Waals surface area (Å²) in [5, 5.41) is 12.0. The highest BCUT2D eigenvalue weighted by atomic mass is 35.5. The van der Waals surface area contributed by atoms with Gasteiger partial charge >= 0.3 is 0 Å². The summed E-state index contributed by atoms with van der Waals surface area (Å²) < 4.78 is 1.28. The van der Waals surface area contributed by atoms with Crippen LogP contribution in [0.15, 0.2) is 0 Å². The molecule has 1 atom stereocenters. The second-order valence-electron chi connectivity index (χ2n) is 2.11. The van der Waals surface area contributed by atoms with Gasteiger partial charge in [-0.2, -0.15) is 4.42 Å². The molecular weight excluding hydrogens is 174 g/mol. The van der Waals surface area contributed by atoms with E-state index in [9.17, 15) is 10.1 Å². The molecule has 1 saturated heterocycles. The number of nitrogens with zero attached hydrogens (tertiary/aromatic N) is 2. The third-order valence-electron chi connectivity index (χ3n) is 1.34. The molecule has 1 N–H and O–H groups in total. The molecule has 0 aliphatic carbocycles. The second-order valence-corrected chi connectivity index (χ2v) is 2.55. The fraction of sp³-hybridized carbons (Fsp3) is 1.00. The van der Waals surface area contributed by atoms with Crippen LogP contribution in [0.25, 0.3) is 0 Å². The highest BCUT2D eigenvalue weighted by molar-refractivity contribution is 6.13. The maximum absolute atomic E-state index is 9.88. The lowest BCUT2D eigenvalue weighted by Crippen LogP contribution is -2.48. The predicted molar refractivity (Wildman–Crippen MR) is 37.3 cm³/mol. The summed E-state index contributed by atoms with van der Waals surface area (Å²) in [5.41, 5.74) is 0. The molecule has 0 radical (unpaired) electrons. The summed E-state index contributed by atoms with van der Waals surface area (Å²) in [6.07, 6.45) is -0.666. The number of rotatable bonds is 2. The van der Waals surface area contributed by atoms with E-state index < -0.39 is 11.3 Å². The molecule has 1 aliphatic rings. The van der Waals surface area contributed by atoms with E-state index >= 15 is 0 Å². The van der Waals surface area contributed by atoms with Crippen molar-refractivity contribution in [1.82, 2.24) is 9.74 Å².